The van der Waals surface area contributed by atoms with Gasteiger partial charge in [0, 0.05) is 12.7 Å². The molecule has 0 saturated carbocycles. The second-order valence-electron chi connectivity index (χ2n) is 5.04. The predicted molar refractivity (Wildman–Crippen MR) is 76.5 cm³/mol. The molecule has 0 radical (unpaired) electrons. The summed E-state index contributed by atoms with van der Waals surface area (Å²) in [7, 11) is 1.56. The summed E-state index contributed by atoms with van der Waals surface area (Å²) in [6, 6.07) is 8.70. The average Bonchev–Trinajstić information content (AvgIpc) is 2.93. The first-order valence-electron chi connectivity index (χ1n) is 6.79. The molecule has 1 unspecified atom stereocenters. The molecule has 0 spiro atoms. The van der Waals surface area contributed by atoms with Crippen LogP contribution in [0.2, 0.25) is 0 Å². The van der Waals surface area contributed by atoms with Gasteiger partial charge >= 0.3 is 0 Å². The zero-order chi connectivity index (χ0) is 15.2. The molecule has 0 aliphatic carbocycles. The van der Waals surface area contributed by atoms with E-state index >= 15 is 0 Å². The molecule has 112 valence electrons. The number of aromatic nitrogens is 2. The van der Waals surface area contributed by atoms with Crippen molar-refractivity contribution >= 4 is 5.91 Å². The first kappa shape index (κ1) is 15.2. The normalized spacial score (nSPS) is 12.4. The van der Waals surface area contributed by atoms with Crippen LogP contribution in [0.5, 0.6) is 0 Å². The molecule has 2 aromatic rings. The molecule has 1 aromatic carbocycles. The quantitative estimate of drug-likeness (QED) is 0.883. The van der Waals surface area contributed by atoms with Gasteiger partial charge in [-0.25, -0.2) is 0 Å². The lowest BCUT2D eigenvalue weighted by Crippen LogP contribution is -2.32. The molecule has 21 heavy (non-hydrogen) atoms. The van der Waals surface area contributed by atoms with Crippen molar-refractivity contribution < 1.29 is 14.1 Å². The Labute approximate surface area is 123 Å². The molecule has 1 heterocycles. The maximum absolute atomic E-state index is 12.2. The Hall–Kier alpha value is -2.21. The molecule has 1 atom stereocenters. The number of methoxy groups -OCH3 is 1. The van der Waals surface area contributed by atoms with Crippen molar-refractivity contribution in [3.63, 3.8) is 0 Å². The molecule has 0 aliphatic heterocycles. The van der Waals surface area contributed by atoms with Crippen LogP contribution in [0.3, 0.4) is 0 Å². The molecule has 1 aromatic heterocycles. The van der Waals surface area contributed by atoms with E-state index in [4.69, 9.17) is 9.26 Å². The largest absolute Gasteiger partial charge is 0.377 e. The van der Waals surface area contributed by atoms with E-state index in [1.54, 1.807) is 19.2 Å². The number of nitrogens with one attached hydrogen (secondary N) is 1. The third-order valence-corrected chi connectivity index (χ3v) is 3.01. The van der Waals surface area contributed by atoms with Crippen molar-refractivity contribution in [3.8, 4) is 0 Å². The van der Waals surface area contributed by atoms with Crippen molar-refractivity contribution in [1.82, 2.24) is 15.5 Å². The van der Waals surface area contributed by atoms with Gasteiger partial charge in [0.05, 0.1) is 0 Å². The summed E-state index contributed by atoms with van der Waals surface area (Å²) in [6.07, 6.45) is 0. The van der Waals surface area contributed by atoms with E-state index in [0.717, 1.165) is 0 Å². The van der Waals surface area contributed by atoms with Gasteiger partial charge in [0.15, 0.2) is 5.82 Å². The third-order valence-electron chi connectivity index (χ3n) is 3.01. The van der Waals surface area contributed by atoms with Gasteiger partial charge in [0.25, 0.3) is 5.91 Å². The molecule has 0 aliphatic rings. The second kappa shape index (κ2) is 6.99. The lowest BCUT2D eigenvalue weighted by molar-refractivity contribution is 0.0914. The lowest BCUT2D eigenvalue weighted by Gasteiger charge is -2.18. The van der Waals surface area contributed by atoms with Crippen LogP contribution in [0.25, 0.3) is 0 Å². The van der Waals surface area contributed by atoms with Gasteiger partial charge in [-0.1, -0.05) is 37.2 Å². The minimum atomic E-state index is -0.337. The summed E-state index contributed by atoms with van der Waals surface area (Å²) >= 11 is 0. The van der Waals surface area contributed by atoms with Crippen molar-refractivity contribution in [3.05, 3.63) is 47.6 Å². The Morgan fingerprint density at radius 3 is 2.67 bits per heavy atom. The summed E-state index contributed by atoms with van der Waals surface area (Å²) in [4.78, 5) is 16.5. The van der Waals surface area contributed by atoms with E-state index < -0.39 is 0 Å². The van der Waals surface area contributed by atoms with Crippen LogP contribution in [0.4, 0.5) is 0 Å². The number of nitrogens with zero attached hydrogens (tertiary/aromatic N) is 2. The van der Waals surface area contributed by atoms with Crippen LogP contribution in [-0.4, -0.2) is 23.2 Å². The molecule has 1 N–H and O–H groups in total. The number of benzene rings is 1. The molecule has 0 fully saturated rings. The van der Waals surface area contributed by atoms with Crippen LogP contribution in [0, 0.1) is 5.92 Å². The molecule has 2 rings (SSSR count). The lowest BCUT2D eigenvalue weighted by atomic mass is 10.0. The Balaban J connectivity index is 2.13. The molecule has 0 saturated heterocycles. The number of amides is 1. The van der Waals surface area contributed by atoms with Gasteiger partial charge in [-0.2, -0.15) is 4.98 Å². The van der Waals surface area contributed by atoms with E-state index in [1.807, 2.05) is 32.0 Å². The highest BCUT2D eigenvalue weighted by molar-refractivity contribution is 5.94. The SMILES string of the molecule is COCc1noc(C(NC(=O)c2ccccc2)C(C)C)n1. The van der Waals surface area contributed by atoms with Crippen molar-refractivity contribution in [2.24, 2.45) is 5.92 Å². The molecule has 1 amide bonds. The minimum absolute atomic E-state index is 0.119. The molecule has 6 heteroatoms. The number of carbonyl (C=O) groups is 1. The zero-order valence-electron chi connectivity index (χ0n) is 12.4. The Bertz CT molecular complexity index is 581. The standard InChI is InChI=1S/C15H19N3O3/c1-10(2)13(15-16-12(9-20-3)18-21-15)17-14(19)11-7-5-4-6-8-11/h4-8,10,13H,9H2,1-3H3,(H,17,19). The van der Waals surface area contributed by atoms with Gasteiger partial charge in [0.2, 0.25) is 5.89 Å². The Morgan fingerprint density at radius 1 is 1.33 bits per heavy atom. The van der Waals surface area contributed by atoms with Crippen LogP contribution >= 0.6 is 0 Å². The highest BCUT2D eigenvalue weighted by Gasteiger charge is 2.24. The topological polar surface area (TPSA) is 77.3 Å². The van der Waals surface area contributed by atoms with Gasteiger partial charge in [-0.05, 0) is 18.1 Å². The van der Waals surface area contributed by atoms with Crippen molar-refractivity contribution in [2.45, 2.75) is 26.5 Å². The number of hydrogen-bond acceptors (Lipinski definition) is 5. The fourth-order valence-corrected chi connectivity index (χ4v) is 1.91. The van der Waals surface area contributed by atoms with Crippen molar-refractivity contribution in [1.29, 1.82) is 0 Å². The fourth-order valence-electron chi connectivity index (χ4n) is 1.91. The summed E-state index contributed by atoms with van der Waals surface area (Å²) < 4.78 is 10.2. The maximum Gasteiger partial charge on any atom is 0.251 e. The highest BCUT2D eigenvalue weighted by atomic mass is 16.5. The van der Waals surface area contributed by atoms with E-state index in [2.05, 4.69) is 15.5 Å². The maximum atomic E-state index is 12.2. The molecule has 6 nitrogen and oxygen atoms in total. The van der Waals surface area contributed by atoms with Gasteiger partial charge in [-0.3, -0.25) is 4.79 Å². The second-order valence-corrected chi connectivity index (χ2v) is 5.04. The monoisotopic (exact) mass is 289 g/mol. The van der Waals surface area contributed by atoms with E-state index in [9.17, 15) is 4.79 Å². The molecule has 0 bridgehead atoms. The first-order valence-corrected chi connectivity index (χ1v) is 6.79. The van der Waals surface area contributed by atoms with E-state index in [0.29, 0.717) is 17.3 Å². The predicted octanol–water partition coefficient (Wildman–Crippen LogP) is 2.34. The molecular weight excluding hydrogens is 270 g/mol. The fraction of sp³-hybridized carbons (Fsp3) is 0.400. The Morgan fingerprint density at radius 2 is 2.05 bits per heavy atom. The first-order chi connectivity index (χ1) is 10.1. The summed E-state index contributed by atoms with van der Waals surface area (Å²) in [5.41, 5.74) is 0.597. The van der Waals surface area contributed by atoms with Crippen molar-refractivity contribution in [2.75, 3.05) is 7.11 Å². The summed E-state index contributed by atoms with van der Waals surface area (Å²) in [5, 5.41) is 6.76. The van der Waals surface area contributed by atoms with Crippen LogP contribution in [0.1, 0.15) is 42.0 Å². The summed E-state index contributed by atoms with van der Waals surface area (Å²) in [6.45, 7) is 4.24. The highest BCUT2D eigenvalue weighted by Crippen LogP contribution is 2.20. The van der Waals surface area contributed by atoms with Gasteiger partial charge < -0.3 is 14.6 Å². The molecular formula is C15H19N3O3. The third kappa shape index (κ3) is 3.88. The van der Waals surface area contributed by atoms with E-state index in [-0.39, 0.29) is 24.5 Å². The Kier molecular flexibility index (Phi) is 5.05. The average molecular weight is 289 g/mol. The number of ether oxygens (including phenoxy) is 1. The van der Waals surface area contributed by atoms with Crippen LogP contribution in [0.15, 0.2) is 34.9 Å². The summed E-state index contributed by atoms with van der Waals surface area (Å²) in [5.74, 6) is 0.808. The zero-order valence-corrected chi connectivity index (χ0v) is 12.4. The minimum Gasteiger partial charge on any atom is -0.377 e. The number of hydrogen-bond donors (Lipinski definition) is 1. The number of carbonyl (C=O) groups excluding carboxylic acids is 1. The van der Waals surface area contributed by atoms with Crippen LogP contribution < -0.4 is 5.32 Å². The smallest absolute Gasteiger partial charge is 0.251 e. The number of rotatable bonds is 6. The van der Waals surface area contributed by atoms with E-state index in [1.165, 1.54) is 0 Å². The van der Waals surface area contributed by atoms with Gasteiger partial charge in [0.1, 0.15) is 12.6 Å². The van der Waals surface area contributed by atoms with Gasteiger partial charge in [-0.15, -0.1) is 0 Å². The van der Waals surface area contributed by atoms with Crippen LogP contribution in [-0.2, 0) is 11.3 Å².